The first kappa shape index (κ1) is 16.3. The van der Waals surface area contributed by atoms with E-state index < -0.39 is 0 Å². The largest absolute Gasteiger partial charge is 0.383 e. The summed E-state index contributed by atoms with van der Waals surface area (Å²) >= 11 is 1.73. The molecule has 0 saturated carbocycles. The molecule has 0 spiro atoms. The smallest absolute Gasteiger partial charge is 0.191 e. The number of nitrogens with one attached hydrogen (secondary N) is 2. The molecule has 1 aromatic heterocycles. The lowest BCUT2D eigenvalue weighted by Crippen LogP contribution is -2.43. The van der Waals surface area contributed by atoms with Crippen LogP contribution in [0.3, 0.4) is 0 Å². The Bertz CT molecular complexity index is 403. The summed E-state index contributed by atoms with van der Waals surface area (Å²) in [7, 11) is 1.70. The van der Waals surface area contributed by atoms with Crippen molar-refractivity contribution in [3.8, 4) is 0 Å². The topological polar surface area (TPSA) is 54.9 Å². The Kier molecular flexibility index (Phi) is 7.56. The summed E-state index contributed by atoms with van der Waals surface area (Å²) < 4.78 is 10.8. The van der Waals surface area contributed by atoms with Crippen LogP contribution in [0.5, 0.6) is 0 Å². The lowest BCUT2D eigenvalue weighted by molar-refractivity contribution is 0.0194. The molecule has 118 valence electrons. The molecule has 1 aliphatic rings. The van der Waals surface area contributed by atoms with Crippen molar-refractivity contribution in [1.29, 1.82) is 0 Å². The molecule has 1 atom stereocenters. The fraction of sp³-hybridized carbons (Fsp3) is 0.667. The molecule has 0 aromatic carbocycles. The first-order valence-electron chi connectivity index (χ1n) is 7.53. The molecule has 21 heavy (non-hydrogen) atoms. The summed E-state index contributed by atoms with van der Waals surface area (Å²) in [5.41, 5.74) is 0. The van der Waals surface area contributed by atoms with Gasteiger partial charge in [0.05, 0.1) is 19.3 Å². The maximum absolute atomic E-state index is 5.74. The van der Waals surface area contributed by atoms with Crippen molar-refractivity contribution in [3.05, 3.63) is 22.4 Å². The fourth-order valence-corrected chi connectivity index (χ4v) is 2.81. The molecule has 0 amide bonds. The molecule has 0 radical (unpaired) electrons. The number of guanidine groups is 1. The van der Waals surface area contributed by atoms with Crippen LogP contribution in [-0.4, -0.2) is 45.5 Å². The lowest BCUT2D eigenvalue weighted by Gasteiger charge is -2.23. The highest BCUT2D eigenvalue weighted by Gasteiger charge is 2.13. The molecule has 2 N–H and O–H groups in total. The third-order valence-corrected chi connectivity index (χ3v) is 4.20. The highest BCUT2D eigenvalue weighted by atomic mass is 32.1. The van der Waals surface area contributed by atoms with Crippen molar-refractivity contribution >= 4 is 17.3 Å². The summed E-state index contributed by atoms with van der Waals surface area (Å²) in [5.74, 6) is 0.828. The van der Waals surface area contributed by atoms with Gasteiger partial charge in [0, 0.05) is 31.7 Å². The molecule has 2 rings (SSSR count). The Morgan fingerprint density at radius 2 is 2.43 bits per heavy atom. The van der Waals surface area contributed by atoms with Crippen molar-refractivity contribution in [2.24, 2.45) is 4.99 Å². The molecule has 1 unspecified atom stereocenters. The Morgan fingerprint density at radius 3 is 3.14 bits per heavy atom. The van der Waals surface area contributed by atoms with Crippen LogP contribution in [0, 0.1) is 0 Å². The summed E-state index contributed by atoms with van der Waals surface area (Å²) in [6.07, 6.45) is 3.87. The summed E-state index contributed by atoms with van der Waals surface area (Å²) in [4.78, 5) is 5.88. The van der Waals surface area contributed by atoms with Crippen LogP contribution in [0.25, 0.3) is 0 Å². The molecule has 0 aliphatic carbocycles. The van der Waals surface area contributed by atoms with Gasteiger partial charge in [-0.15, -0.1) is 11.3 Å². The number of aliphatic imine (C=N–C) groups is 1. The zero-order valence-electron chi connectivity index (χ0n) is 12.6. The van der Waals surface area contributed by atoms with Gasteiger partial charge < -0.3 is 20.1 Å². The normalized spacial score (nSPS) is 19.5. The minimum Gasteiger partial charge on any atom is -0.383 e. The lowest BCUT2D eigenvalue weighted by atomic mass is 10.1. The van der Waals surface area contributed by atoms with Gasteiger partial charge in [-0.3, -0.25) is 0 Å². The second-order valence-electron chi connectivity index (χ2n) is 5.03. The van der Waals surface area contributed by atoms with Gasteiger partial charge in [-0.1, -0.05) is 6.07 Å². The summed E-state index contributed by atoms with van der Waals surface area (Å²) in [6, 6.07) is 4.15. The third-order valence-electron chi connectivity index (χ3n) is 3.34. The number of rotatable bonds is 7. The number of methoxy groups -OCH3 is 1. The molecule has 5 nitrogen and oxygen atoms in total. The Hall–Kier alpha value is -1.11. The van der Waals surface area contributed by atoms with Crippen LogP contribution in [0.4, 0.5) is 0 Å². The summed E-state index contributed by atoms with van der Waals surface area (Å²) in [6.45, 7) is 3.80. The second-order valence-corrected chi connectivity index (χ2v) is 6.07. The number of ether oxygens (including phenoxy) is 2. The average Bonchev–Trinajstić information content (AvgIpc) is 3.04. The van der Waals surface area contributed by atoms with E-state index in [1.807, 2.05) is 0 Å². The van der Waals surface area contributed by atoms with Crippen LogP contribution in [0.15, 0.2) is 22.5 Å². The van der Waals surface area contributed by atoms with E-state index >= 15 is 0 Å². The van der Waals surface area contributed by atoms with E-state index in [2.05, 4.69) is 33.1 Å². The number of hydrogen-bond donors (Lipinski definition) is 2. The van der Waals surface area contributed by atoms with Crippen molar-refractivity contribution in [2.75, 3.05) is 33.4 Å². The monoisotopic (exact) mass is 311 g/mol. The number of hydrogen-bond acceptors (Lipinski definition) is 4. The van der Waals surface area contributed by atoms with Crippen LogP contribution in [-0.2, 0) is 16.0 Å². The molecule has 1 fully saturated rings. The second kappa shape index (κ2) is 9.76. The van der Waals surface area contributed by atoms with E-state index in [9.17, 15) is 0 Å². The molecule has 1 saturated heterocycles. The van der Waals surface area contributed by atoms with Gasteiger partial charge in [0.15, 0.2) is 5.96 Å². The van der Waals surface area contributed by atoms with Gasteiger partial charge in [0.2, 0.25) is 0 Å². The van der Waals surface area contributed by atoms with E-state index in [4.69, 9.17) is 9.47 Å². The minimum absolute atomic E-state index is 0.301. The third kappa shape index (κ3) is 6.46. The maximum Gasteiger partial charge on any atom is 0.191 e. The van der Waals surface area contributed by atoms with E-state index in [-0.39, 0.29) is 0 Å². The highest BCUT2D eigenvalue weighted by Crippen LogP contribution is 2.12. The van der Waals surface area contributed by atoms with Crippen molar-refractivity contribution in [1.82, 2.24) is 10.6 Å². The Morgan fingerprint density at radius 1 is 1.48 bits per heavy atom. The first-order valence-corrected chi connectivity index (χ1v) is 8.41. The molecule has 0 bridgehead atoms. The molecule has 2 heterocycles. The number of thiophene rings is 1. The predicted octanol–water partition coefficient (Wildman–Crippen LogP) is 2.00. The molecule has 1 aliphatic heterocycles. The van der Waals surface area contributed by atoms with E-state index in [1.165, 1.54) is 17.7 Å². The zero-order valence-corrected chi connectivity index (χ0v) is 13.5. The van der Waals surface area contributed by atoms with Gasteiger partial charge >= 0.3 is 0 Å². The van der Waals surface area contributed by atoms with E-state index in [0.717, 1.165) is 32.1 Å². The zero-order chi connectivity index (χ0) is 14.8. The number of nitrogens with zero attached hydrogens (tertiary/aromatic N) is 1. The van der Waals surface area contributed by atoms with Crippen LogP contribution in [0.2, 0.25) is 0 Å². The first-order chi connectivity index (χ1) is 10.4. The minimum atomic E-state index is 0.301. The SMILES string of the molecule is COCCNC(=NCc1cccs1)NCC1CCCCO1. The van der Waals surface area contributed by atoms with Gasteiger partial charge in [-0.05, 0) is 30.7 Å². The van der Waals surface area contributed by atoms with Gasteiger partial charge in [0.1, 0.15) is 0 Å². The van der Waals surface area contributed by atoms with Crippen molar-refractivity contribution < 1.29 is 9.47 Å². The van der Waals surface area contributed by atoms with E-state index in [0.29, 0.717) is 19.3 Å². The fourth-order valence-electron chi connectivity index (χ4n) is 2.18. The van der Waals surface area contributed by atoms with Crippen LogP contribution in [0.1, 0.15) is 24.1 Å². The molecular formula is C15H25N3O2S. The van der Waals surface area contributed by atoms with Gasteiger partial charge in [-0.25, -0.2) is 4.99 Å². The van der Waals surface area contributed by atoms with Crippen LogP contribution < -0.4 is 10.6 Å². The molecular weight excluding hydrogens is 286 g/mol. The average molecular weight is 311 g/mol. The van der Waals surface area contributed by atoms with Gasteiger partial charge in [-0.2, -0.15) is 0 Å². The predicted molar refractivity (Wildman–Crippen MR) is 86.9 cm³/mol. The molecule has 1 aromatic rings. The standard InChI is InChI=1S/C15H25N3O2S/c1-19-9-7-16-15(18-12-14-6-4-10-21-14)17-11-13-5-2-3-8-20-13/h4,6,10,13H,2-3,5,7-9,11-12H2,1H3,(H2,16,17,18). The van der Waals surface area contributed by atoms with Crippen molar-refractivity contribution in [2.45, 2.75) is 31.9 Å². The molecule has 6 heteroatoms. The summed E-state index contributed by atoms with van der Waals surface area (Å²) in [5, 5.41) is 8.73. The van der Waals surface area contributed by atoms with Crippen LogP contribution >= 0.6 is 11.3 Å². The maximum atomic E-state index is 5.74. The Labute approximate surface area is 130 Å². The van der Waals surface area contributed by atoms with Crippen molar-refractivity contribution in [3.63, 3.8) is 0 Å². The van der Waals surface area contributed by atoms with Gasteiger partial charge in [0.25, 0.3) is 0 Å². The highest BCUT2D eigenvalue weighted by molar-refractivity contribution is 7.09. The Balaban J connectivity index is 1.80. The van der Waals surface area contributed by atoms with E-state index in [1.54, 1.807) is 18.4 Å². The quantitative estimate of drug-likeness (QED) is 0.459.